The van der Waals surface area contributed by atoms with Crippen molar-refractivity contribution in [2.45, 2.75) is 0 Å². The third-order valence-electron chi connectivity index (χ3n) is 1.56. The molecule has 0 aliphatic carbocycles. The van der Waals surface area contributed by atoms with Crippen LogP contribution in [0.2, 0.25) is 0 Å². The Morgan fingerprint density at radius 3 is 3.00 bits per heavy atom. The summed E-state index contributed by atoms with van der Waals surface area (Å²) in [5.41, 5.74) is 3.91. The van der Waals surface area contributed by atoms with Gasteiger partial charge in [-0.2, -0.15) is 5.12 Å². The van der Waals surface area contributed by atoms with Crippen molar-refractivity contribution in [1.29, 1.82) is 0 Å². The molecule has 1 fully saturated rings. The summed E-state index contributed by atoms with van der Waals surface area (Å²) in [6.07, 6.45) is 5.34. The first kappa shape index (κ1) is 6.62. The average Bonchev–Trinajstić information content (AvgIpc) is 2.27. The van der Waals surface area contributed by atoms with E-state index in [4.69, 9.17) is 11.7 Å². The van der Waals surface area contributed by atoms with E-state index >= 15 is 0 Å². The Hall–Kier alpha value is -1.08. The van der Waals surface area contributed by atoms with E-state index in [1.807, 2.05) is 11.2 Å². The maximum absolute atomic E-state index is 5.49. The zero-order valence-corrected chi connectivity index (χ0v) is 5.94. The summed E-state index contributed by atoms with van der Waals surface area (Å²) in [7, 11) is 0. The largest absolute Gasteiger partial charge is 0.291 e. The van der Waals surface area contributed by atoms with Crippen LogP contribution in [-0.4, -0.2) is 21.7 Å². The third kappa shape index (κ3) is 1.08. The molecule has 2 aliphatic rings. The molecule has 0 spiro atoms. The lowest BCUT2D eigenvalue weighted by atomic mass is 10.4. The van der Waals surface area contributed by atoms with Gasteiger partial charge in [0, 0.05) is 18.6 Å². The number of hydrazine groups is 4. The minimum atomic E-state index is 0.651. The lowest BCUT2D eigenvalue weighted by Gasteiger charge is -2.21. The predicted molar refractivity (Wildman–Crippen MR) is 39.1 cm³/mol. The smallest absolute Gasteiger partial charge is 0.0738 e. The Morgan fingerprint density at radius 2 is 2.18 bits per heavy atom. The van der Waals surface area contributed by atoms with E-state index in [1.54, 1.807) is 12.4 Å². The van der Waals surface area contributed by atoms with Gasteiger partial charge in [-0.1, -0.05) is 0 Å². The fourth-order valence-corrected chi connectivity index (χ4v) is 1.08. The quantitative estimate of drug-likeness (QED) is 0.365. The Labute approximate surface area is 64.2 Å². The van der Waals surface area contributed by atoms with Crippen molar-refractivity contribution in [2.75, 3.05) is 6.54 Å². The first-order chi connectivity index (χ1) is 5.25. The van der Waals surface area contributed by atoms with Crippen LogP contribution in [0.15, 0.2) is 24.3 Å². The molecule has 0 aromatic rings. The molecule has 0 atom stereocenters. The number of hydrogen-bond acceptors (Lipinski definition) is 6. The molecule has 0 aromatic carbocycles. The molecule has 2 aliphatic heterocycles. The van der Waals surface area contributed by atoms with E-state index in [-0.39, 0.29) is 0 Å². The summed E-state index contributed by atoms with van der Waals surface area (Å²) in [6, 6.07) is 0. The monoisotopic (exact) mass is 154 g/mol. The fourth-order valence-electron chi connectivity index (χ4n) is 1.08. The van der Waals surface area contributed by atoms with Crippen LogP contribution in [0.1, 0.15) is 0 Å². The number of rotatable bonds is 0. The third-order valence-corrected chi connectivity index (χ3v) is 1.56. The van der Waals surface area contributed by atoms with Crippen LogP contribution >= 0.6 is 0 Å². The lowest BCUT2D eigenvalue weighted by molar-refractivity contribution is 0.164. The first-order valence-corrected chi connectivity index (χ1v) is 3.25. The Kier molecular flexibility index (Phi) is 1.33. The molecule has 0 radical (unpaired) electrons. The van der Waals surface area contributed by atoms with Crippen molar-refractivity contribution in [3.8, 4) is 0 Å². The molecule has 6 heteroatoms. The zero-order chi connectivity index (χ0) is 7.84. The van der Waals surface area contributed by atoms with E-state index in [9.17, 15) is 0 Å². The summed E-state index contributed by atoms with van der Waals surface area (Å²) in [5, 5.41) is 4.78. The van der Waals surface area contributed by atoms with E-state index < -0.39 is 0 Å². The van der Waals surface area contributed by atoms with E-state index in [1.165, 1.54) is 10.1 Å². The second-order valence-corrected chi connectivity index (χ2v) is 2.46. The highest BCUT2D eigenvalue weighted by atomic mass is 15.9. The van der Waals surface area contributed by atoms with Crippen LogP contribution in [0.25, 0.3) is 0 Å². The molecular weight excluding hydrogens is 144 g/mol. The molecule has 2 rings (SSSR count). The van der Waals surface area contributed by atoms with E-state index in [0.717, 1.165) is 5.70 Å². The van der Waals surface area contributed by atoms with Crippen LogP contribution in [0.3, 0.4) is 0 Å². The van der Waals surface area contributed by atoms with E-state index in [0.29, 0.717) is 6.54 Å². The summed E-state index contributed by atoms with van der Waals surface area (Å²) in [5.74, 6) is 11.0. The number of nitrogens with two attached hydrogens (primary N) is 2. The Morgan fingerprint density at radius 1 is 1.36 bits per heavy atom. The fraction of sp³-hybridized carbons (Fsp3) is 0.200. The maximum atomic E-state index is 5.49. The molecule has 0 aromatic heterocycles. The number of nitrogens with one attached hydrogen (secondary N) is 1. The highest BCUT2D eigenvalue weighted by Gasteiger charge is 2.21. The van der Waals surface area contributed by atoms with Crippen molar-refractivity contribution < 1.29 is 0 Å². The van der Waals surface area contributed by atoms with Crippen LogP contribution < -0.4 is 17.2 Å². The van der Waals surface area contributed by atoms with Gasteiger partial charge in [0.2, 0.25) is 0 Å². The number of nitrogens with zero attached hydrogens (tertiary/aromatic N) is 3. The summed E-state index contributed by atoms with van der Waals surface area (Å²) < 4.78 is 0. The zero-order valence-electron chi connectivity index (χ0n) is 5.94. The van der Waals surface area contributed by atoms with Gasteiger partial charge in [-0.05, 0) is 0 Å². The van der Waals surface area contributed by atoms with Crippen molar-refractivity contribution in [3.63, 3.8) is 0 Å². The van der Waals surface area contributed by atoms with Crippen molar-refractivity contribution in [2.24, 2.45) is 11.7 Å². The molecule has 11 heavy (non-hydrogen) atoms. The van der Waals surface area contributed by atoms with Crippen LogP contribution in [0, 0.1) is 0 Å². The minimum absolute atomic E-state index is 0.651. The minimum Gasteiger partial charge on any atom is -0.291 e. The average molecular weight is 154 g/mol. The van der Waals surface area contributed by atoms with Crippen LogP contribution in [0.5, 0.6) is 0 Å². The molecule has 0 unspecified atom stereocenters. The van der Waals surface area contributed by atoms with Gasteiger partial charge in [-0.15, -0.1) is 5.53 Å². The highest BCUT2D eigenvalue weighted by molar-refractivity contribution is 5.12. The van der Waals surface area contributed by atoms with Gasteiger partial charge in [0.1, 0.15) is 0 Å². The van der Waals surface area contributed by atoms with Crippen LogP contribution in [0.4, 0.5) is 0 Å². The van der Waals surface area contributed by atoms with Gasteiger partial charge in [0.15, 0.2) is 0 Å². The number of fused-ring (bicyclic) bond motifs is 1. The molecule has 0 bridgehead atoms. The Balaban J connectivity index is 2.20. The van der Waals surface area contributed by atoms with Crippen molar-refractivity contribution >= 4 is 0 Å². The van der Waals surface area contributed by atoms with Crippen molar-refractivity contribution in [1.82, 2.24) is 20.7 Å². The lowest BCUT2D eigenvalue weighted by Crippen LogP contribution is -2.42. The molecule has 60 valence electrons. The van der Waals surface area contributed by atoms with Gasteiger partial charge >= 0.3 is 0 Å². The SMILES string of the molecule is NN1C=CN2NN(N)CC2=C1. The second kappa shape index (κ2) is 2.21. The summed E-state index contributed by atoms with van der Waals surface area (Å²) in [6.45, 7) is 0.651. The second-order valence-electron chi connectivity index (χ2n) is 2.46. The van der Waals surface area contributed by atoms with Gasteiger partial charge < -0.3 is 0 Å². The Bertz CT molecular complexity index is 221. The van der Waals surface area contributed by atoms with Gasteiger partial charge in [-0.3, -0.25) is 15.9 Å². The number of hydrogen-bond donors (Lipinski definition) is 3. The summed E-state index contributed by atoms with van der Waals surface area (Å²) in [4.78, 5) is 0. The standard InChI is InChI=1S/C5H10N6/c6-9-1-2-10-5(3-9)4-11(7)8-10/h1-3,8H,4,6-7H2. The molecule has 1 saturated heterocycles. The highest BCUT2D eigenvalue weighted by Crippen LogP contribution is 2.13. The molecule has 0 saturated carbocycles. The van der Waals surface area contributed by atoms with E-state index in [2.05, 4.69) is 5.53 Å². The van der Waals surface area contributed by atoms with Crippen LogP contribution in [-0.2, 0) is 0 Å². The molecule has 2 heterocycles. The normalized spacial score (nSPS) is 24.0. The van der Waals surface area contributed by atoms with Gasteiger partial charge in [0.25, 0.3) is 0 Å². The summed E-state index contributed by atoms with van der Waals surface area (Å²) >= 11 is 0. The molecule has 0 amide bonds. The molecular formula is C5H10N6. The first-order valence-electron chi connectivity index (χ1n) is 3.25. The molecule has 6 nitrogen and oxygen atoms in total. The predicted octanol–water partition coefficient (Wildman–Crippen LogP) is -1.60. The molecule has 5 N–H and O–H groups in total. The van der Waals surface area contributed by atoms with Gasteiger partial charge in [0.05, 0.1) is 12.2 Å². The van der Waals surface area contributed by atoms with Gasteiger partial charge in [-0.25, -0.2) is 5.84 Å². The topological polar surface area (TPSA) is 73.8 Å². The maximum Gasteiger partial charge on any atom is 0.0738 e. The van der Waals surface area contributed by atoms with Crippen molar-refractivity contribution in [3.05, 3.63) is 24.3 Å².